The molecule has 1 saturated heterocycles. The van der Waals surface area contributed by atoms with Crippen LogP contribution in [0.25, 0.3) is 0 Å². The Bertz CT molecular complexity index is 328. The molecule has 2 N–H and O–H groups in total. The first-order valence-corrected chi connectivity index (χ1v) is 6.05. The lowest BCUT2D eigenvalue weighted by Crippen LogP contribution is -2.47. The van der Waals surface area contributed by atoms with Gasteiger partial charge in [0.15, 0.2) is 5.13 Å². The molecular weight excluding hydrogens is 210 g/mol. The summed E-state index contributed by atoms with van der Waals surface area (Å²) >= 11 is 1.68. The van der Waals surface area contributed by atoms with Crippen LogP contribution in [0, 0.1) is 0 Å². The summed E-state index contributed by atoms with van der Waals surface area (Å²) in [7, 11) is 0. The molecule has 0 radical (unpaired) electrons. The van der Waals surface area contributed by atoms with Crippen molar-refractivity contribution in [1.29, 1.82) is 0 Å². The number of rotatable bonds is 2. The zero-order valence-corrected chi connectivity index (χ0v) is 9.96. The molecule has 2 rings (SSSR count). The van der Waals surface area contributed by atoms with Crippen molar-refractivity contribution in [3.63, 3.8) is 0 Å². The Balaban J connectivity index is 2.13. The summed E-state index contributed by atoms with van der Waals surface area (Å²) in [5.41, 5.74) is 5.58. The molecule has 1 aliphatic rings. The fourth-order valence-corrected chi connectivity index (χ4v) is 2.59. The van der Waals surface area contributed by atoms with E-state index in [0.717, 1.165) is 23.2 Å². The van der Waals surface area contributed by atoms with E-state index >= 15 is 0 Å². The van der Waals surface area contributed by atoms with Crippen LogP contribution >= 0.6 is 11.3 Å². The van der Waals surface area contributed by atoms with Crippen molar-refractivity contribution in [3.05, 3.63) is 11.1 Å². The summed E-state index contributed by atoms with van der Waals surface area (Å²) in [4.78, 5) is 7.84. The number of hydrogen-bond acceptors (Lipinski definition) is 5. The summed E-state index contributed by atoms with van der Waals surface area (Å²) in [5.74, 6) is 0. The van der Waals surface area contributed by atoms with Crippen molar-refractivity contribution in [2.24, 2.45) is 5.73 Å². The smallest absolute Gasteiger partial charge is 0.185 e. The van der Waals surface area contributed by atoms with Gasteiger partial charge in [-0.15, -0.1) is 11.3 Å². The maximum Gasteiger partial charge on any atom is 0.185 e. The highest BCUT2D eigenvalue weighted by molar-refractivity contribution is 7.15. The average Bonchev–Trinajstić information content (AvgIpc) is 2.70. The van der Waals surface area contributed by atoms with Gasteiger partial charge >= 0.3 is 0 Å². The molecule has 2 unspecified atom stereocenters. The van der Waals surface area contributed by atoms with E-state index in [0.29, 0.717) is 12.6 Å². The molecular formula is C10H17N3OS. The van der Waals surface area contributed by atoms with Crippen LogP contribution in [0.4, 0.5) is 5.13 Å². The van der Waals surface area contributed by atoms with Crippen molar-refractivity contribution in [2.75, 3.05) is 18.1 Å². The Morgan fingerprint density at radius 2 is 2.47 bits per heavy atom. The monoisotopic (exact) mass is 227 g/mol. The van der Waals surface area contributed by atoms with Gasteiger partial charge in [-0.05, 0) is 13.8 Å². The Morgan fingerprint density at radius 1 is 1.67 bits per heavy atom. The molecule has 0 saturated carbocycles. The third-order valence-corrected chi connectivity index (χ3v) is 3.65. The van der Waals surface area contributed by atoms with E-state index < -0.39 is 0 Å². The number of thiazole rings is 1. The molecule has 4 nitrogen and oxygen atoms in total. The van der Waals surface area contributed by atoms with Gasteiger partial charge in [0.1, 0.15) is 0 Å². The van der Waals surface area contributed by atoms with Crippen LogP contribution in [0.2, 0.25) is 0 Å². The number of anilines is 1. The number of aromatic nitrogens is 1. The fraction of sp³-hybridized carbons (Fsp3) is 0.700. The lowest BCUT2D eigenvalue weighted by Gasteiger charge is -2.36. The van der Waals surface area contributed by atoms with Crippen molar-refractivity contribution < 1.29 is 4.74 Å². The number of nitrogens with two attached hydrogens (primary N) is 1. The summed E-state index contributed by atoms with van der Waals surface area (Å²) in [6, 6.07) is 0.401. The highest BCUT2D eigenvalue weighted by Gasteiger charge is 2.25. The number of hydrogen-bond donors (Lipinski definition) is 1. The molecule has 1 fully saturated rings. The minimum atomic E-state index is 0.284. The first kappa shape index (κ1) is 10.9. The Labute approximate surface area is 94.1 Å². The van der Waals surface area contributed by atoms with Crippen LogP contribution < -0.4 is 10.6 Å². The second-order valence-corrected chi connectivity index (χ2v) is 5.05. The predicted molar refractivity (Wildman–Crippen MR) is 62.2 cm³/mol. The van der Waals surface area contributed by atoms with E-state index in [9.17, 15) is 0 Å². The van der Waals surface area contributed by atoms with Gasteiger partial charge in [-0.25, -0.2) is 4.98 Å². The first-order valence-electron chi connectivity index (χ1n) is 5.23. The second-order valence-electron chi connectivity index (χ2n) is 3.96. The zero-order valence-electron chi connectivity index (χ0n) is 9.14. The topological polar surface area (TPSA) is 51.4 Å². The van der Waals surface area contributed by atoms with Crippen LogP contribution in [-0.2, 0) is 11.3 Å². The van der Waals surface area contributed by atoms with Crippen molar-refractivity contribution >= 4 is 16.5 Å². The van der Waals surface area contributed by atoms with Crippen LogP contribution in [0.1, 0.15) is 18.7 Å². The molecule has 1 aliphatic heterocycles. The third-order valence-electron chi connectivity index (χ3n) is 2.60. The molecule has 1 aromatic heterocycles. The van der Waals surface area contributed by atoms with Gasteiger partial charge in [0.2, 0.25) is 0 Å². The molecule has 0 spiro atoms. The average molecular weight is 227 g/mol. The fourth-order valence-electron chi connectivity index (χ4n) is 1.69. The van der Waals surface area contributed by atoms with Gasteiger partial charge in [0.25, 0.3) is 0 Å². The SMILES string of the molecule is CC1CN(c2ncc(CN)s2)C(C)CO1. The van der Waals surface area contributed by atoms with Gasteiger partial charge in [-0.2, -0.15) is 0 Å². The number of morpholine rings is 1. The van der Waals surface area contributed by atoms with Gasteiger partial charge in [0, 0.05) is 24.2 Å². The minimum absolute atomic E-state index is 0.284. The number of nitrogens with zero attached hydrogens (tertiary/aromatic N) is 2. The van der Waals surface area contributed by atoms with Crippen molar-refractivity contribution in [1.82, 2.24) is 4.98 Å². The summed E-state index contributed by atoms with van der Waals surface area (Å²) < 4.78 is 5.59. The van der Waals surface area contributed by atoms with Gasteiger partial charge in [-0.3, -0.25) is 0 Å². The third kappa shape index (κ3) is 2.30. The van der Waals surface area contributed by atoms with Gasteiger partial charge < -0.3 is 15.4 Å². The predicted octanol–water partition coefficient (Wildman–Crippen LogP) is 1.22. The number of ether oxygens (including phenoxy) is 1. The summed E-state index contributed by atoms with van der Waals surface area (Å²) in [6.07, 6.45) is 2.15. The molecule has 0 amide bonds. The Hall–Kier alpha value is -0.650. The van der Waals surface area contributed by atoms with Crippen LogP contribution in [-0.4, -0.2) is 30.3 Å². The van der Waals surface area contributed by atoms with E-state index in [1.54, 1.807) is 11.3 Å². The zero-order chi connectivity index (χ0) is 10.8. The molecule has 0 bridgehead atoms. The van der Waals surface area contributed by atoms with Gasteiger partial charge in [-0.1, -0.05) is 0 Å². The van der Waals surface area contributed by atoms with E-state index in [1.165, 1.54) is 0 Å². The highest BCUT2D eigenvalue weighted by Crippen LogP contribution is 2.26. The second kappa shape index (κ2) is 4.47. The molecule has 5 heteroatoms. The molecule has 0 aliphatic carbocycles. The lowest BCUT2D eigenvalue weighted by molar-refractivity contribution is 0.0343. The van der Waals surface area contributed by atoms with Gasteiger partial charge in [0.05, 0.1) is 18.8 Å². The van der Waals surface area contributed by atoms with Crippen LogP contribution in [0.3, 0.4) is 0 Å². The standard InChI is InChI=1S/C10H17N3OS/c1-7-6-14-8(2)5-13(7)10-12-4-9(3-11)15-10/h4,7-8H,3,5-6,11H2,1-2H3. The highest BCUT2D eigenvalue weighted by atomic mass is 32.1. The largest absolute Gasteiger partial charge is 0.375 e. The lowest BCUT2D eigenvalue weighted by atomic mass is 10.2. The maximum absolute atomic E-state index is 5.59. The molecule has 84 valence electrons. The normalized spacial score (nSPS) is 27.0. The summed E-state index contributed by atoms with van der Waals surface area (Å²) in [5, 5.41) is 1.07. The van der Waals surface area contributed by atoms with Crippen LogP contribution in [0.5, 0.6) is 0 Å². The maximum atomic E-state index is 5.59. The molecule has 1 aromatic rings. The van der Waals surface area contributed by atoms with Crippen molar-refractivity contribution in [3.8, 4) is 0 Å². The molecule has 2 heterocycles. The quantitative estimate of drug-likeness (QED) is 0.825. The van der Waals surface area contributed by atoms with E-state index in [-0.39, 0.29) is 6.10 Å². The van der Waals surface area contributed by atoms with E-state index in [2.05, 4.69) is 23.7 Å². The minimum Gasteiger partial charge on any atom is -0.375 e. The van der Waals surface area contributed by atoms with Crippen molar-refractivity contribution in [2.45, 2.75) is 32.5 Å². The molecule has 15 heavy (non-hydrogen) atoms. The molecule has 2 atom stereocenters. The Kier molecular flexibility index (Phi) is 3.23. The van der Waals surface area contributed by atoms with E-state index in [1.807, 2.05) is 6.20 Å². The Morgan fingerprint density at radius 3 is 3.13 bits per heavy atom. The molecule has 0 aromatic carbocycles. The summed E-state index contributed by atoms with van der Waals surface area (Å²) in [6.45, 7) is 6.52. The van der Waals surface area contributed by atoms with Crippen LogP contribution in [0.15, 0.2) is 6.20 Å². The van der Waals surface area contributed by atoms with E-state index in [4.69, 9.17) is 10.5 Å². The first-order chi connectivity index (χ1) is 7.20.